The zero-order valence-electron chi connectivity index (χ0n) is 9.29. The predicted octanol–water partition coefficient (Wildman–Crippen LogP) is 2.54. The molecule has 0 saturated carbocycles. The van der Waals surface area contributed by atoms with Gasteiger partial charge in [0.15, 0.2) is 0 Å². The van der Waals surface area contributed by atoms with E-state index >= 15 is 0 Å². The zero-order chi connectivity index (χ0) is 12.4. The first-order valence-electron chi connectivity index (χ1n) is 5.14. The van der Waals surface area contributed by atoms with Crippen LogP contribution in [-0.4, -0.2) is 4.92 Å². The Kier molecular flexibility index (Phi) is 2.93. The highest BCUT2D eigenvalue weighted by atomic mass is 16.6. The first kappa shape index (κ1) is 11.3. The molecule has 2 N–H and O–H groups in total. The molecule has 5 nitrogen and oxygen atoms in total. The second-order valence-corrected chi connectivity index (χ2v) is 3.82. The van der Waals surface area contributed by atoms with Gasteiger partial charge in [0.05, 0.1) is 12.1 Å². The highest BCUT2D eigenvalue weighted by Crippen LogP contribution is 2.25. The van der Waals surface area contributed by atoms with Crippen molar-refractivity contribution < 1.29 is 9.34 Å². The summed E-state index contributed by atoms with van der Waals surface area (Å²) in [5, 5.41) is 10.5. The van der Waals surface area contributed by atoms with Crippen molar-refractivity contribution in [1.82, 2.24) is 0 Å². The average molecular weight is 232 g/mol. The van der Waals surface area contributed by atoms with Crippen LogP contribution in [0.4, 0.5) is 5.88 Å². The molecule has 88 valence electrons. The van der Waals surface area contributed by atoms with E-state index in [2.05, 4.69) is 0 Å². The monoisotopic (exact) mass is 232 g/mol. The van der Waals surface area contributed by atoms with Gasteiger partial charge in [0.25, 0.3) is 0 Å². The summed E-state index contributed by atoms with van der Waals surface area (Å²) in [7, 11) is 0. The van der Waals surface area contributed by atoms with Crippen molar-refractivity contribution in [2.45, 2.75) is 13.0 Å². The van der Waals surface area contributed by atoms with Crippen molar-refractivity contribution in [2.24, 2.45) is 5.73 Å². The minimum Gasteiger partial charge on any atom is -0.404 e. The first-order chi connectivity index (χ1) is 8.08. The molecule has 0 amide bonds. The Balaban J connectivity index is 2.27. The quantitative estimate of drug-likeness (QED) is 0.651. The first-order valence-corrected chi connectivity index (χ1v) is 5.14. The lowest BCUT2D eigenvalue weighted by Gasteiger charge is -2.08. The maximum atomic E-state index is 10.5. The van der Waals surface area contributed by atoms with Crippen LogP contribution in [0, 0.1) is 17.0 Å². The van der Waals surface area contributed by atoms with E-state index in [9.17, 15) is 10.1 Å². The number of furan rings is 1. The number of nitrogens with two attached hydrogens (primary N) is 1. The molecule has 0 aliphatic carbocycles. The average Bonchev–Trinajstić information content (AvgIpc) is 2.78. The molecule has 0 aliphatic heterocycles. The smallest absolute Gasteiger partial charge is 0.404 e. The Morgan fingerprint density at radius 2 is 1.88 bits per heavy atom. The molecule has 1 unspecified atom stereocenters. The van der Waals surface area contributed by atoms with Crippen molar-refractivity contribution >= 4 is 5.88 Å². The summed E-state index contributed by atoms with van der Waals surface area (Å²) in [4.78, 5) is 9.91. The van der Waals surface area contributed by atoms with E-state index < -0.39 is 11.0 Å². The van der Waals surface area contributed by atoms with Crippen molar-refractivity contribution in [3.63, 3.8) is 0 Å². The molecule has 1 aromatic carbocycles. The fraction of sp³-hybridized carbons (Fsp3) is 0.167. The summed E-state index contributed by atoms with van der Waals surface area (Å²) in [5.74, 6) is 0.100. The number of hydrogen-bond acceptors (Lipinski definition) is 4. The van der Waals surface area contributed by atoms with Gasteiger partial charge in [0.2, 0.25) is 0 Å². The number of aryl methyl sites for hydroxylation is 1. The summed E-state index contributed by atoms with van der Waals surface area (Å²) < 4.78 is 5.07. The van der Waals surface area contributed by atoms with Crippen LogP contribution >= 0.6 is 0 Å². The minimum absolute atomic E-state index is 0.289. The molecular weight excluding hydrogens is 220 g/mol. The summed E-state index contributed by atoms with van der Waals surface area (Å²) in [6.07, 6.45) is 0. The lowest BCUT2D eigenvalue weighted by atomic mass is 10.0. The second kappa shape index (κ2) is 4.39. The van der Waals surface area contributed by atoms with Crippen LogP contribution < -0.4 is 5.73 Å². The molecule has 0 aliphatic rings. The van der Waals surface area contributed by atoms with Crippen LogP contribution in [-0.2, 0) is 0 Å². The molecule has 0 radical (unpaired) electrons. The standard InChI is InChI=1S/C12H12N2O3/c1-8-2-4-9(5-3-8)12(13)10-6-7-11(17-10)14(15)16/h2-7,12H,13H2,1H3. The Bertz CT molecular complexity index is 531. The number of nitrogens with zero attached hydrogens (tertiary/aromatic N) is 1. The SMILES string of the molecule is Cc1ccc(C(N)c2ccc([N+](=O)[O-])o2)cc1. The van der Waals surface area contributed by atoms with E-state index in [-0.39, 0.29) is 5.88 Å². The van der Waals surface area contributed by atoms with Crippen LogP contribution in [0.15, 0.2) is 40.8 Å². The summed E-state index contributed by atoms with van der Waals surface area (Å²) in [5.41, 5.74) is 7.96. The molecule has 2 aromatic rings. The normalized spacial score (nSPS) is 12.4. The van der Waals surface area contributed by atoms with Crippen molar-refractivity contribution in [3.05, 3.63) is 63.4 Å². The Hall–Kier alpha value is -2.14. The molecular formula is C12H12N2O3. The van der Waals surface area contributed by atoms with E-state index in [1.54, 1.807) is 0 Å². The molecule has 5 heteroatoms. The largest absolute Gasteiger partial charge is 0.433 e. The maximum Gasteiger partial charge on any atom is 0.433 e. The van der Waals surface area contributed by atoms with Crippen LogP contribution in [0.25, 0.3) is 0 Å². The van der Waals surface area contributed by atoms with Gasteiger partial charge in [0.1, 0.15) is 10.7 Å². The fourth-order valence-corrected chi connectivity index (χ4v) is 1.55. The Morgan fingerprint density at radius 3 is 2.41 bits per heavy atom. The molecule has 2 rings (SSSR count). The van der Waals surface area contributed by atoms with Crippen LogP contribution in [0.2, 0.25) is 0 Å². The third-order valence-corrected chi connectivity index (χ3v) is 2.54. The van der Waals surface area contributed by atoms with Crippen LogP contribution in [0.5, 0.6) is 0 Å². The third kappa shape index (κ3) is 2.34. The molecule has 17 heavy (non-hydrogen) atoms. The molecule has 0 spiro atoms. The Labute approximate surface area is 98.0 Å². The van der Waals surface area contributed by atoms with Gasteiger partial charge >= 0.3 is 5.88 Å². The topological polar surface area (TPSA) is 82.3 Å². The maximum absolute atomic E-state index is 10.5. The zero-order valence-corrected chi connectivity index (χ0v) is 9.29. The second-order valence-electron chi connectivity index (χ2n) is 3.82. The minimum atomic E-state index is -0.578. The summed E-state index contributed by atoms with van der Waals surface area (Å²) >= 11 is 0. The molecule has 1 heterocycles. The lowest BCUT2D eigenvalue weighted by Crippen LogP contribution is -2.10. The van der Waals surface area contributed by atoms with E-state index in [1.807, 2.05) is 31.2 Å². The van der Waals surface area contributed by atoms with E-state index in [1.165, 1.54) is 12.1 Å². The van der Waals surface area contributed by atoms with Crippen molar-refractivity contribution in [1.29, 1.82) is 0 Å². The molecule has 0 fully saturated rings. The Morgan fingerprint density at radius 1 is 1.24 bits per heavy atom. The van der Waals surface area contributed by atoms with Gasteiger partial charge < -0.3 is 10.2 Å². The number of benzene rings is 1. The van der Waals surface area contributed by atoms with Crippen molar-refractivity contribution in [3.8, 4) is 0 Å². The van der Waals surface area contributed by atoms with E-state index in [4.69, 9.17) is 10.2 Å². The molecule has 1 aromatic heterocycles. The lowest BCUT2D eigenvalue weighted by molar-refractivity contribution is -0.402. The van der Waals surface area contributed by atoms with Gasteiger partial charge in [-0.25, -0.2) is 0 Å². The van der Waals surface area contributed by atoms with Gasteiger partial charge in [-0.05, 0) is 18.6 Å². The predicted molar refractivity (Wildman–Crippen MR) is 62.6 cm³/mol. The molecule has 0 bridgehead atoms. The van der Waals surface area contributed by atoms with E-state index in [0.29, 0.717) is 5.76 Å². The molecule has 0 saturated heterocycles. The highest BCUT2D eigenvalue weighted by Gasteiger charge is 2.17. The fourth-order valence-electron chi connectivity index (χ4n) is 1.55. The van der Waals surface area contributed by atoms with Gasteiger partial charge in [-0.1, -0.05) is 29.8 Å². The summed E-state index contributed by atoms with van der Waals surface area (Å²) in [6.45, 7) is 1.98. The van der Waals surface area contributed by atoms with Crippen LogP contribution in [0.3, 0.4) is 0 Å². The number of hydrogen-bond donors (Lipinski definition) is 1. The van der Waals surface area contributed by atoms with Gasteiger partial charge in [-0.2, -0.15) is 0 Å². The van der Waals surface area contributed by atoms with Crippen molar-refractivity contribution in [2.75, 3.05) is 0 Å². The number of nitro groups is 1. The van der Waals surface area contributed by atoms with E-state index in [0.717, 1.165) is 11.1 Å². The van der Waals surface area contributed by atoms with Gasteiger partial charge in [-0.3, -0.25) is 10.1 Å². The summed E-state index contributed by atoms with van der Waals surface area (Å²) in [6, 6.07) is 10.00. The molecule has 1 atom stereocenters. The van der Waals surface area contributed by atoms with Crippen LogP contribution in [0.1, 0.15) is 22.9 Å². The highest BCUT2D eigenvalue weighted by molar-refractivity contribution is 5.31. The third-order valence-electron chi connectivity index (χ3n) is 2.54. The number of rotatable bonds is 3. The van der Waals surface area contributed by atoms with Gasteiger partial charge in [-0.15, -0.1) is 0 Å². The van der Waals surface area contributed by atoms with Gasteiger partial charge in [0, 0.05) is 0 Å².